The van der Waals surface area contributed by atoms with E-state index in [1.807, 2.05) is 12.1 Å². The molecule has 0 aliphatic heterocycles. The smallest absolute Gasteiger partial charge is 0.185 e. The third kappa shape index (κ3) is 4.04. The molecule has 0 aliphatic carbocycles. The molecule has 0 aromatic heterocycles. The van der Waals surface area contributed by atoms with Crippen molar-refractivity contribution in [3.8, 4) is 11.5 Å². The van der Waals surface area contributed by atoms with E-state index in [1.165, 1.54) is 6.08 Å². The highest BCUT2D eigenvalue weighted by Crippen LogP contribution is 2.30. The van der Waals surface area contributed by atoms with Crippen LogP contribution in [0.3, 0.4) is 0 Å². The Morgan fingerprint density at radius 3 is 2.38 bits per heavy atom. The molecule has 4 nitrogen and oxygen atoms in total. The second-order valence-electron chi connectivity index (χ2n) is 5.22. The summed E-state index contributed by atoms with van der Waals surface area (Å²) in [5.74, 6) is 1.27. The first-order chi connectivity index (χ1) is 11.6. The zero-order valence-corrected chi connectivity index (χ0v) is 13.9. The van der Waals surface area contributed by atoms with Gasteiger partial charge < -0.3 is 15.2 Å². The predicted octanol–water partition coefficient (Wildman–Crippen LogP) is 3.91. The number of methoxy groups -OCH3 is 2. The molecule has 0 amide bonds. The van der Waals surface area contributed by atoms with Crippen LogP contribution < -0.4 is 15.2 Å². The quantitative estimate of drug-likeness (QED) is 0.363. The van der Waals surface area contributed by atoms with Gasteiger partial charge in [-0.15, -0.1) is 6.58 Å². The second-order valence-corrected chi connectivity index (χ2v) is 5.22. The molecule has 0 saturated heterocycles. The summed E-state index contributed by atoms with van der Waals surface area (Å²) in [7, 11) is 3.20. The van der Waals surface area contributed by atoms with Crippen LogP contribution in [0.1, 0.15) is 21.5 Å². The number of anilines is 1. The molecule has 24 heavy (non-hydrogen) atoms. The Balaban J connectivity index is 2.33. The number of ketones is 1. The molecule has 2 aromatic rings. The Morgan fingerprint density at radius 1 is 1.12 bits per heavy atom. The van der Waals surface area contributed by atoms with Crippen LogP contribution in [-0.4, -0.2) is 20.0 Å². The number of hydrogen-bond acceptors (Lipinski definition) is 4. The summed E-state index contributed by atoms with van der Waals surface area (Å²) >= 11 is 0. The number of allylic oxidation sites excluding steroid dienone is 2. The van der Waals surface area contributed by atoms with Crippen LogP contribution >= 0.6 is 0 Å². The van der Waals surface area contributed by atoms with E-state index < -0.39 is 0 Å². The first kappa shape index (κ1) is 17.3. The SMILES string of the molecule is C=CCc1cc(/C=C/C(=O)c2ccc(N)cc2)c(OC)cc1OC. The molecule has 0 heterocycles. The Bertz CT molecular complexity index is 761. The average Bonchev–Trinajstić information content (AvgIpc) is 2.60. The van der Waals surface area contributed by atoms with Crippen molar-refractivity contribution in [2.24, 2.45) is 0 Å². The number of carbonyl (C=O) groups excluding carboxylic acids is 1. The van der Waals surface area contributed by atoms with Gasteiger partial charge in [0, 0.05) is 22.9 Å². The average molecular weight is 323 g/mol. The minimum absolute atomic E-state index is 0.0989. The normalized spacial score (nSPS) is 10.6. The Morgan fingerprint density at radius 2 is 1.79 bits per heavy atom. The molecule has 2 N–H and O–H groups in total. The van der Waals surface area contributed by atoms with Gasteiger partial charge in [-0.25, -0.2) is 0 Å². The largest absolute Gasteiger partial charge is 0.496 e. The van der Waals surface area contributed by atoms with E-state index in [2.05, 4.69) is 6.58 Å². The van der Waals surface area contributed by atoms with E-state index in [9.17, 15) is 4.79 Å². The fraction of sp³-hybridized carbons (Fsp3) is 0.150. The standard InChI is InChI=1S/C20H21NO3/c1-4-5-15-12-16(20(24-3)13-19(15)23-2)8-11-18(22)14-6-9-17(21)10-7-14/h4,6-13H,1,5,21H2,2-3H3/b11-8+. The first-order valence-electron chi connectivity index (χ1n) is 7.52. The molecule has 0 fully saturated rings. The highest BCUT2D eigenvalue weighted by molar-refractivity contribution is 6.07. The molecule has 124 valence electrons. The molecular formula is C20H21NO3. The molecule has 0 bridgehead atoms. The maximum absolute atomic E-state index is 12.3. The molecule has 2 aromatic carbocycles. The fourth-order valence-corrected chi connectivity index (χ4v) is 2.35. The summed E-state index contributed by atoms with van der Waals surface area (Å²) in [6.45, 7) is 3.76. The van der Waals surface area contributed by atoms with Crippen LogP contribution in [0.25, 0.3) is 6.08 Å². The van der Waals surface area contributed by atoms with E-state index in [1.54, 1.807) is 50.6 Å². The summed E-state index contributed by atoms with van der Waals surface area (Å²) in [6, 6.07) is 10.6. The molecule has 0 spiro atoms. The van der Waals surface area contributed by atoms with Crippen LogP contribution in [0, 0.1) is 0 Å². The Hall–Kier alpha value is -3.01. The van der Waals surface area contributed by atoms with Gasteiger partial charge in [-0.3, -0.25) is 4.79 Å². The second kappa shape index (κ2) is 8.02. The van der Waals surface area contributed by atoms with Crippen molar-refractivity contribution in [1.29, 1.82) is 0 Å². The van der Waals surface area contributed by atoms with Crippen LogP contribution in [0.2, 0.25) is 0 Å². The molecule has 2 rings (SSSR count). The molecule has 0 atom stereocenters. The summed E-state index contributed by atoms with van der Waals surface area (Å²) in [5, 5.41) is 0. The topological polar surface area (TPSA) is 61.6 Å². The van der Waals surface area contributed by atoms with Crippen molar-refractivity contribution < 1.29 is 14.3 Å². The number of hydrogen-bond donors (Lipinski definition) is 1. The molecule has 0 unspecified atom stereocenters. The van der Waals surface area contributed by atoms with Crippen molar-refractivity contribution in [3.63, 3.8) is 0 Å². The molecule has 4 heteroatoms. The van der Waals surface area contributed by atoms with Gasteiger partial charge in [-0.05, 0) is 54.5 Å². The van der Waals surface area contributed by atoms with Gasteiger partial charge in [0.15, 0.2) is 5.78 Å². The van der Waals surface area contributed by atoms with Crippen molar-refractivity contribution in [2.45, 2.75) is 6.42 Å². The van der Waals surface area contributed by atoms with Crippen molar-refractivity contribution in [2.75, 3.05) is 20.0 Å². The van der Waals surface area contributed by atoms with E-state index in [0.717, 1.165) is 16.9 Å². The van der Waals surface area contributed by atoms with Crippen molar-refractivity contribution >= 4 is 17.5 Å². The number of carbonyl (C=O) groups is 1. The van der Waals surface area contributed by atoms with Gasteiger partial charge in [0.25, 0.3) is 0 Å². The maximum Gasteiger partial charge on any atom is 0.185 e. The van der Waals surface area contributed by atoms with Crippen LogP contribution in [-0.2, 0) is 6.42 Å². The Labute approximate surface area is 142 Å². The molecular weight excluding hydrogens is 302 g/mol. The van der Waals surface area contributed by atoms with E-state index in [-0.39, 0.29) is 5.78 Å². The number of nitrogen functional groups attached to an aromatic ring is 1. The number of nitrogens with two attached hydrogens (primary N) is 1. The van der Waals surface area contributed by atoms with Crippen LogP contribution in [0.15, 0.2) is 55.1 Å². The Kier molecular flexibility index (Phi) is 5.79. The fourth-order valence-electron chi connectivity index (χ4n) is 2.35. The molecule has 0 radical (unpaired) electrons. The lowest BCUT2D eigenvalue weighted by molar-refractivity contribution is 0.104. The van der Waals surface area contributed by atoms with Gasteiger partial charge >= 0.3 is 0 Å². The third-order valence-electron chi connectivity index (χ3n) is 3.61. The highest BCUT2D eigenvalue weighted by Gasteiger charge is 2.09. The number of ether oxygens (including phenoxy) is 2. The lowest BCUT2D eigenvalue weighted by atomic mass is 10.0. The van der Waals surface area contributed by atoms with Crippen molar-refractivity contribution in [3.05, 3.63) is 71.8 Å². The molecule has 0 saturated carbocycles. The molecule has 0 aliphatic rings. The van der Waals surface area contributed by atoms with Gasteiger partial charge in [-0.2, -0.15) is 0 Å². The lowest BCUT2D eigenvalue weighted by Gasteiger charge is -2.12. The maximum atomic E-state index is 12.3. The van der Waals surface area contributed by atoms with E-state index >= 15 is 0 Å². The van der Waals surface area contributed by atoms with Crippen LogP contribution in [0.4, 0.5) is 5.69 Å². The zero-order valence-electron chi connectivity index (χ0n) is 13.9. The van der Waals surface area contributed by atoms with E-state index in [0.29, 0.717) is 23.4 Å². The first-order valence-corrected chi connectivity index (χ1v) is 7.52. The summed E-state index contributed by atoms with van der Waals surface area (Å²) in [4.78, 5) is 12.3. The summed E-state index contributed by atoms with van der Waals surface area (Å²) in [6.07, 6.45) is 5.73. The van der Waals surface area contributed by atoms with Crippen molar-refractivity contribution in [1.82, 2.24) is 0 Å². The van der Waals surface area contributed by atoms with Gasteiger partial charge in [0.05, 0.1) is 14.2 Å². The minimum Gasteiger partial charge on any atom is -0.496 e. The van der Waals surface area contributed by atoms with Gasteiger partial charge in [-0.1, -0.05) is 6.08 Å². The minimum atomic E-state index is -0.0989. The number of rotatable bonds is 7. The monoisotopic (exact) mass is 323 g/mol. The van der Waals surface area contributed by atoms with Gasteiger partial charge in [0.1, 0.15) is 11.5 Å². The zero-order chi connectivity index (χ0) is 17.5. The summed E-state index contributed by atoms with van der Waals surface area (Å²) in [5.41, 5.74) is 8.63. The third-order valence-corrected chi connectivity index (χ3v) is 3.61. The van der Waals surface area contributed by atoms with E-state index in [4.69, 9.17) is 15.2 Å². The van der Waals surface area contributed by atoms with Crippen LogP contribution in [0.5, 0.6) is 11.5 Å². The van der Waals surface area contributed by atoms with Gasteiger partial charge in [0.2, 0.25) is 0 Å². The lowest BCUT2D eigenvalue weighted by Crippen LogP contribution is -1.97. The summed E-state index contributed by atoms with van der Waals surface area (Å²) < 4.78 is 10.8. The predicted molar refractivity (Wildman–Crippen MR) is 97.7 cm³/mol. The highest BCUT2D eigenvalue weighted by atomic mass is 16.5. The number of benzene rings is 2.